The first kappa shape index (κ1) is 20.5. The second-order valence-corrected chi connectivity index (χ2v) is 5.83. The summed E-state index contributed by atoms with van der Waals surface area (Å²) in [7, 11) is 0. The summed E-state index contributed by atoms with van der Waals surface area (Å²) in [6.07, 6.45) is -3.62. The minimum Gasteiger partial charge on any atom is -0.334 e. The number of benzene rings is 2. The van der Waals surface area contributed by atoms with E-state index < -0.39 is 28.3 Å². The van der Waals surface area contributed by atoms with Crippen molar-refractivity contribution < 1.29 is 22.9 Å². The molecular weight excluding hydrogens is 405 g/mol. The number of hydrogen-bond donors (Lipinski definition) is 3. The molecule has 0 saturated heterocycles. The number of carbonyl (C=O) groups is 1. The number of nitrogens with zero attached hydrogens (tertiary/aromatic N) is 3. The van der Waals surface area contributed by atoms with E-state index in [4.69, 9.17) is 0 Å². The number of nitro groups is 1. The van der Waals surface area contributed by atoms with Crippen LogP contribution in [0.25, 0.3) is 0 Å². The number of alkyl halides is 3. The Labute approximate surface area is 167 Å². The summed E-state index contributed by atoms with van der Waals surface area (Å²) in [5, 5.41) is 14.0. The van der Waals surface area contributed by atoms with Gasteiger partial charge in [0.15, 0.2) is 0 Å². The molecule has 0 unspecified atom stereocenters. The summed E-state index contributed by atoms with van der Waals surface area (Å²) in [6, 6.07) is 12.2. The normalized spacial score (nSPS) is 10.9. The molecular formula is C18H13F3N6O3. The van der Waals surface area contributed by atoms with Gasteiger partial charge >= 0.3 is 11.9 Å². The van der Waals surface area contributed by atoms with Crippen LogP contribution in [-0.4, -0.2) is 20.8 Å². The first-order valence-electron chi connectivity index (χ1n) is 8.31. The Hall–Kier alpha value is -4.22. The fraction of sp³-hybridized carbons (Fsp3) is 0.0556. The first-order valence-corrected chi connectivity index (χ1v) is 8.31. The molecule has 0 fully saturated rings. The van der Waals surface area contributed by atoms with E-state index in [-0.39, 0.29) is 17.3 Å². The highest BCUT2D eigenvalue weighted by molar-refractivity contribution is 5.95. The predicted octanol–water partition coefficient (Wildman–Crippen LogP) is 3.90. The van der Waals surface area contributed by atoms with E-state index >= 15 is 0 Å². The van der Waals surface area contributed by atoms with Crippen molar-refractivity contribution in [2.75, 3.05) is 10.7 Å². The topological polar surface area (TPSA) is 122 Å². The Kier molecular flexibility index (Phi) is 5.76. The summed E-state index contributed by atoms with van der Waals surface area (Å²) in [5.74, 6) is -1.28. The molecule has 2 aromatic carbocycles. The number of anilines is 3. The third-order valence-corrected chi connectivity index (χ3v) is 3.79. The number of amides is 1. The number of carbonyl (C=O) groups excluding carboxylic acids is 1. The van der Waals surface area contributed by atoms with Gasteiger partial charge in [-0.2, -0.15) is 13.2 Å². The lowest BCUT2D eigenvalue weighted by atomic mass is 10.2. The van der Waals surface area contributed by atoms with Crippen LogP contribution < -0.4 is 16.2 Å². The smallest absolute Gasteiger partial charge is 0.334 e. The highest BCUT2D eigenvalue weighted by atomic mass is 19.4. The summed E-state index contributed by atoms with van der Waals surface area (Å²) in [6.45, 7) is 0. The molecule has 9 nitrogen and oxygen atoms in total. The molecule has 30 heavy (non-hydrogen) atoms. The fourth-order valence-corrected chi connectivity index (χ4v) is 2.42. The standard InChI is InChI=1S/C18H13F3N6O3/c19-18(20,21)12-7-4-8-13(9-12)24-15-14(27(29)30)16(23-10-22-15)25-26-17(28)11-5-2-1-3-6-11/h1-10H,(H,26,28)(H2,22,23,24,25). The molecule has 0 aliphatic carbocycles. The van der Waals surface area contributed by atoms with Gasteiger partial charge in [0.1, 0.15) is 6.33 Å². The first-order chi connectivity index (χ1) is 14.3. The molecule has 1 aromatic heterocycles. The molecule has 1 amide bonds. The lowest BCUT2D eigenvalue weighted by molar-refractivity contribution is -0.383. The predicted molar refractivity (Wildman–Crippen MR) is 101 cm³/mol. The molecule has 154 valence electrons. The van der Waals surface area contributed by atoms with E-state index in [1.165, 1.54) is 18.2 Å². The second-order valence-electron chi connectivity index (χ2n) is 5.83. The van der Waals surface area contributed by atoms with Gasteiger partial charge in [-0.1, -0.05) is 24.3 Å². The summed E-state index contributed by atoms with van der Waals surface area (Å²) < 4.78 is 38.6. The number of hydrazine groups is 1. The third kappa shape index (κ3) is 4.79. The average molecular weight is 418 g/mol. The third-order valence-electron chi connectivity index (χ3n) is 3.79. The Balaban J connectivity index is 1.85. The van der Waals surface area contributed by atoms with Crippen molar-refractivity contribution in [1.29, 1.82) is 0 Å². The monoisotopic (exact) mass is 418 g/mol. The van der Waals surface area contributed by atoms with Crippen molar-refractivity contribution in [3.8, 4) is 0 Å². The number of hydrogen-bond acceptors (Lipinski definition) is 7. The van der Waals surface area contributed by atoms with E-state index in [0.29, 0.717) is 5.56 Å². The van der Waals surface area contributed by atoms with Crippen LogP contribution in [0.4, 0.5) is 36.2 Å². The molecule has 0 atom stereocenters. The van der Waals surface area contributed by atoms with Crippen LogP contribution in [0.3, 0.4) is 0 Å². The fourth-order valence-electron chi connectivity index (χ4n) is 2.42. The van der Waals surface area contributed by atoms with Crippen molar-refractivity contribution >= 4 is 28.9 Å². The quantitative estimate of drug-likeness (QED) is 0.410. The maximum Gasteiger partial charge on any atom is 0.416 e. The van der Waals surface area contributed by atoms with Crippen molar-refractivity contribution in [3.05, 3.63) is 82.2 Å². The Morgan fingerprint density at radius 3 is 2.37 bits per heavy atom. The van der Waals surface area contributed by atoms with Gasteiger partial charge in [0, 0.05) is 11.3 Å². The number of halogens is 3. The molecule has 3 N–H and O–H groups in total. The summed E-state index contributed by atoms with van der Waals surface area (Å²) in [5.41, 5.74) is 3.25. The van der Waals surface area contributed by atoms with Gasteiger partial charge in [0.25, 0.3) is 5.91 Å². The van der Waals surface area contributed by atoms with E-state index in [9.17, 15) is 28.1 Å². The van der Waals surface area contributed by atoms with Crippen LogP contribution in [-0.2, 0) is 6.18 Å². The molecule has 12 heteroatoms. The second kappa shape index (κ2) is 8.43. The minimum absolute atomic E-state index is 0.0640. The molecule has 0 aliphatic rings. The van der Waals surface area contributed by atoms with E-state index in [0.717, 1.165) is 24.5 Å². The van der Waals surface area contributed by atoms with Crippen LogP contribution >= 0.6 is 0 Å². The minimum atomic E-state index is -4.58. The number of aromatic nitrogens is 2. The van der Waals surface area contributed by atoms with Gasteiger partial charge in [-0.25, -0.2) is 9.97 Å². The average Bonchev–Trinajstić information content (AvgIpc) is 2.72. The van der Waals surface area contributed by atoms with Crippen molar-refractivity contribution in [2.24, 2.45) is 0 Å². The van der Waals surface area contributed by atoms with Crippen LogP contribution in [0.1, 0.15) is 15.9 Å². The van der Waals surface area contributed by atoms with Crippen LogP contribution in [0.15, 0.2) is 60.9 Å². The zero-order chi connectivity index (χ0) is 21.7. The molecule has 1 heterocycles. The zero-order valence-electron chi connectivity index (χ0n) is 15.0. The molecule has 0 bridgehead atoms. The van der Waals surface area contributed by atoms with Gasteiger partial charge in [-0.15, -0.1) is 0 Å². The largest absolute Gasteiger partial charge is 0.416 e. The zero-order valence-corrected chi connectivity index (χ0v) is 15.0. The molecule has 3 rings (SSSR count). The summed E-state index contributed by atoms with van der Waals surface area (Å²) >= 11 is 0. The van der Waals surface area contributed by atoms with E-state index in [1.807, 2.05) is 0 Å². The SMILES string of the molecule is O=C(NNc1ncnc(Nc2cccc(C(F)(F)F)c2)c1[N+](=O)[O-])c1ccccc1. The maximum absolute atomic E-state index is 12.9. The lowest BCUT2D eigenvalue weighted by Crippen LogP contribution is -2.30. The van der Waals surface area contributed by atoms with Gasteiger partial charge < -0.3 is 5.32 Å². The Morgan fingerprint density at radius 2 is 1.70 bits per heavy atom. The van der Waals surface area contributed by atoms with Crippen molar-refractivity contribution in [2.45, 2.75) is 6.18 Å². The Bertz CT molecular complexity index is 1080. The number of rotatable bonds is 6. The highest BCUT2D eigenvalue weighted by Crippen LogP contribution is 2.34. The number of nitrogens with one attached hydrogen (secondary N) is 3. The molecule has 0 saturated carbocycles. The van der Waals surface area contributed by atoms with Gasteiger partial charge in [0.05, 0.1) is 10.5 Å². The summed E-state index contributed by atoms with van der Waals surface area (Å²) in [4.78, 5) is 30.3. The van der Waals surface area contributed by atoms with E-state index in [2.05, 4.69) is 26.1 Å². The van der Waals surface area contributed by atoms with Gasteiger partial charge in [-0.05, 0) is 30.3 Å². The van der Waals surface area contributed by atoms with Crippen LogP contribution in [0, 0.1) is 10.1 Å². The molecule has 3 aromatic rings. The van der Waals surface area contributed by atoms with E-state index in [1.54, 1.807) is 18.2 Å². The van der Waals surface area contributed by atoms with Crippen LogP contribution in [0.2, 0.25) is 0 Å². The van der Waals surface area contributed by atoms with Crippen molar-refractivity contribution in [3.63, 3.8) is 0 Å². The van der Waals surface area contributed by atoms with Crippen LogP contribution in [0.5, 0.6) is 0 Å². The molecule has 0 spiro atoms. The van der Waals surface area contributed by atoms with Gasteiger partial charge in [-0.3, -0.25) is 25.8 Å². The lowest BCUT2D eigenvalue weighted by Gasteiger charge is -2.12. The highest BCUT2D eigenvalue weighted by Gasteiger charge is 2.31. The maximum atomic E-state index is 12.9. The molecule has 0 aliphatic heterocycles. The van der Waals surface area contributed by atoms with Gasteiger partial charge in [0.2, 0.25) is 11.6 Å². The van der Waals surface area contributed by atoms with Crippen molar-refractivity contribution in [1.82, 2.24) is 15.4 Å². The Morgan fingerprint density at radius 1 is 1.00 bits per heavy atom. The molecule has 0 radical (unpaired) electrons.